The SMILES string of the molecule is CCCCCN(c1ccc(OC)cc1)c1ccc(OC)cc1. The minimum absolute atomic E-state index is 0.881. The second-order valence-corrected chi connectivity index (χ2v) is 5.25. The van der Waals surface area contributed by atoms with Crippen LogP contribution in [0.2, 0.25) is 0 Å². The van der Waals surface area contributed by atoms with Crippen molar-refractivity contribution in [2.45, 2.75) is 26.2 Å². The van der Waals surface area contributed by atoms with Crippen molar-refractivity contribution in [3.05, 3.63) is 48.5 Å². The molecule has 3 heteroatoms. The minimum Gasteiger partial charge on any atom is -0.497 e. The molecule has 2 aromatic carbocycles. The number of ether oxygens (including phenoxy) is 2. The Kier molecular flexibility index (Phi) is 6.13. The van der Waals surface area contributed by atoms with Crippen LogP contribution in [-0.4, -0.2) is 20.8 Å². The van der Waals surface area contributed by atoms with Crippen LogP contribution in [0.1, 0.15) is 26.2 Å². The van der Waals surface area contributed by atoms with Crippen LogP contribution < -0.4 is 14.4 Å². The Labute approximate surface area is 133 Å². The van der Waals surface area contributed by atoms with Crippen LogP contribution in [0.15, 0.2) is 48.5 Å². The van der Waals surface area contributed by atoms with Crippen LogP contribution in [-0.2, 0) is 0 Å². The molecule has 0 N–H and O–H groups in total. The number of unbranched alkanes of at least 4 members (excludes halogenated alkanes) is 2. The van der Waals surface area contributed by atoms with Crippen molar-refractivity contribution in [3.63, 3.8) is 0 Å². The van der Waals surface area contributed by atoms with Crippen molar-refractivity contribution >= 4 is 11.4 Å². The average molecular weight is 299 g/mol. The summed E-state index contributed by atoms with van der Waals surface area (Å²) < 4.78 is 10.5. The van der Waals surface area contributed by atoms with Gasteiger partial charge in [-0.2, -0.15) is 0 Å². The summed E-state index contributed by atoms with van der Waals surface area (Å²) in [6, 6.07) is 16.4. The van der Waals surface area contributed by atoms with Gasteiger partial charge in [0.2, 0.25) is 0 Å². The summed E-state index contributed by atoms with van der Waals surface area (Å²) in [5.41, 5.74) is 2.36. The normalized spacial score (nSPS) is 10.3. The number of benzene rings is 2. The van der Waals surface area contributed by atoms with Gasteiger partial charge in [0, 0.05) is 17.9 Å². The molecule has 0 fully saturated rings. The predicted octanol–water partition coefficient (Wildman–Crippen LogP) is 5.03. The van der Waals surface area contributed by atoms with Gasteiger partial charge in [0.1, 0.15) is 11.5 Å². The first-order valence-corrected chi connectivity index (χ1v) is 7.84. The number of nitrogens with zero attached hydrogens (tertiary/aromatic N) is 1. The molecular weight excluding hydrogens is 274 g/mol. The van der Waals surface area contributed by atoms with Crippen molar-refractivity contribution in [2.24, 2.45) is 0 Å². The zero-order valence-electron chi connectivity index (χ0n) is 13.7. The Morgan fingerprint density at radius 1 is 0.727 bits per heavy atom. The second kappa shape index (κ2) is 8.32. The highest BCUT2D eigenvalue weighted by Crippen LogP contribution is 2.29. The molecule has 2 rings (SSSR count). The summed E-state index contributed by atoms with van der Waals surface area (Å²) in [7, 11) is 3.38. The van der Waals surface area contributed by atoms with E-state index in [1.54, 1.807) is 14.2 Å². The molecular formula is C19H25NO2. The Balaban J connectivity index is 2.23. The summed E-state index contributed by atoms with van der Waals surface area (Å²) >= 11 is 0. The Hall–Kier alpha value is -2.16. The van der Waals surface area contributed by atoms with E-state index in [2.05, 4.69) is 36.1 Å². The van der Waals surface area contributed by atoms with Gasteiger partial charge in [0.25, 0.3) is 0 Å². The predicted molar refractivity (Wildman–Crippen MR) is 92.5 cm³/mol. The third kappa shape index (κ3) is 4.17. The topological polar surface area (TPSA) is 21.7 Å². The zero-order chi connectivity index (χ0) is 15.8. The van der Waals surface area contributed by atoms with Gasteiger partial charge in [-0.1, -0.05) is 19.8 Å². The van der Waals surface area contributed by atoms with Gasteiger partial charge >= 0.3 is 0 Å². The standard InChI is InChI=1S/C19H25NO2/c1-4-5-6-15-20(16-7-11-18(21-2)12-8-16)17-9-13-19(22-3)14-10-17/h7-14H,4-6,15H2,1-3H3. The largest absolute Gasteiger partial charge is 0.497 e. The third-order valence-corrected chi connectivity index (χ3v) is 3.75. The molecule has 22 heavy (non-hydrogen) atoms. The summed E-state index contributed by atoms with van der Waals surface area (Å²) in [5, 5.41) is 0. The maximum Gasteiger partial charge on any atom is 0.119 e. The van der Waals surface area contributed by atoms with E-state index in [1.165, 1.54) is 30.6 Å². The molecule has 0 spiro atoms. The number of anilines is 2. The molecule has 0 aromatic heterocycles. The highest BCUT2D eigenvalue weighted by Gasteiger charge is 2.09. The van der Waals surface area contributed by atoms with Gasteiger partial charge in [0.15, 0.2) is 0 Å². The number of rotatable bonds is 8. The number of methoxy groups -OCH3 is 2. The smallest absolute Gasteiger partial charge is 0.119 e. The Morgan fingerprint density at radius 2 is 1.18 bits per heavy atom. The Morgan fingerprint density at radius 3 is 1.55 bits per heavy atom. The molecule has 3 nitrogen and oxygen atoms in total. The average Bonchev–Trinajstić information content (AvgIpc) is 2.59. The summed E-state index contributed by atoms with van der Waals surface area (Å²) in [5.74, 6) is 1.76. The van der Waals surface area contributed by atoms with Crippen LogP contribution >= 0.6 is 0 Å². The van der Waals surface area contributed by atoms with Gasteiger partial charge in [-0.3, -0.25) is 0 Å². The molecule has 0 bridgehead atoms. The third-order valence-electron chi connectivity index (χ3n) is 3.75. The molecule has 0 aliphatic rings. The first-order valence-electron chi connectivity index (χ1n) is 7.84. The fourth-order valence-corrected chi connectivity index (χ4v) is 2.45. The summed E-state index contributed by atoms with van der Waals surface area (Å²) in [4.78, 5) is 2.34. The van der Waals surface area contributed by atoms with Crippen LogP contribution in [0.4, 0.5) is 11.4 Å². The maximum absolute atomic E-state index is 5.25. The van der Waals surface area contributed by atoms with Gasteiger partial charge in [-0.25, -0.2) is 0 Å². The monoisotopic (exact) mass is 299 g/mol. The van der Waals surface area contributed by atoms with Crippen molar-refractivity contribution in [1.29, 1.82) is 0 Å². The molecule has 0 saturated carbocycles. The molecule has 0 unspecified atom stereocenters. The van der Waals surface area contributed by atoms with E-state index < -0.39 is 0 Å². The lowest BCUT2D eigenvalue weighted by atomic mass is 10.2. The lowest BCUT2D eigenvalue weighted by Crippen LogP contribution is -2.18. The summed E-state index contributed by atoms with van der Waals surface area (Å²) in [6.07, 6.45) is 3.64. The van der Waals surface area contributed by atoms with Gasteiger partial charge < -0.3 is 14.4 Å². The van der Waals surface area contributed by atoms with E-state index in [-0.39, 0.29) is 0 Å². The first kappa shape index (κ1) is 16.2. The highest BCUT2D eigenvalue weighted by molar-refractivity contribution is 5.64. The first-order chi connectivity index (χ1) is 10.8. The highest BCUT2D eigenvalue weighted by atomic mass is 16.5. The fourth-order valence-electron chi connectivity index (χ4n) is 2.45. The molecule has 0 heterocycles. The molecule has 0 atom stereocenters. The van der Waals surface area contributed by atoms with E-state index in [0.29, 0.717) is 0 Å². The fraction of sp³-hybridized carbons (Fsp3) is 0.368. The van der Waals surface area contributed by atoms with Gasteiger partial charge in [-0.05, 0) is 55.0 Å². The van der Waals surface area contributed by atoms with E-state index in [9.17, 15) is 0 Å². The minimum atomic E-state index is 0.881. The van der Waals surface area contributed by atoms with E-state index >= 15 is 0 Å². The van der Waals surface area contributed by atoms with Crippen molar-refractivity contribution in [1.82, 2.24) is 0 Å². The van der Waals surface area contributed by atoms with E-state index in [1.807, 2.05) is 24.3 Å². The molecule has 0 amide bonds. The van der Waals surface area contributed by atoms with Crippen LogP contribution in [0, 0.1) is 0 Å². The van der Waals surface area contributed by atoms with E-state index in [0.717, 1.165) is 18.0 Å². The molecule has 2 aromatic rings. The van der Waals surface area contributed by atoms with E-state index in [4.69, 9.17) is 9.47 Å². The zero-order valence-corrected chi connectivity index (χ0v) is 13.7. The molecule has 0 aliphatic carbocycles. The summed E-state index contributed by atoms with van der Waals surface area (Å²) in [6.45, 7) is 3.23. The lowest BCUT2D eigenvalue weighted by molar-refractivity contribution is 0.415. The van der Waals surface area contributed by atoms with Crippen LogP contribution in [0.5, 0.6) is 11.5 Å². The molecule has 118 valence electrons. The van der Waals surface area contributed by atoms with Crippen LogP contribution in [0.3, 0.4) is 0 Å². The van der Waals surface area contributed by atoms with Crippen molar-refractivity contribution < 1.29 is 9.47 Å². The van der Waals surface area contributed by atoms with Gasteiger partial charge in [-0.15, -0.1) is 0 Å². The lowest BCUT2D eigenvalue weighted by Gasteiger charge is -2.25. The van der Waals surface area contributed by atoms with Gasteiger partial charge in [0.05, 0.1) is 14.2 Å². The van der Waals surface area contributed by atoms with Crippen molar-refractivity contribution in [3.8, 4) is 11.5 Å². The quantitative estimate of drug-likeness (QED) is 0.638. The number of hydrogen-bond acceptors (Lipinski definition) is 3. The molecule has 0 radical (unpaired) electrons. The molecule has 0 aliphatic heterocycles. The van der Waals surface area contributed by atoms with Crippen molar-refractivity contribution in [2.75, 3.05) is 25.7 Å². The number of hydrogen-bond donors (Lipinski definition) is 0. The maximum atomic E-state index is 5.25. The van der Waals surface area contributed by atoms with Crippen LogP contribution in [0.25, 0.3) is 0 Å². The molecule has 0 saturated heterocycles. The Bertz CT molecular complexity index is 501. The second-order valence-electron chi connectivity index (χ2n) is 5.25.